The van der Waals surface area contributed by atoms with Crippen LogP contribution in [0.4, 0.5) is 0 Å². The monoisotopic (exact) mass is 281 g/mol. The Morgan fingerprint density at radius 3 is 2.50 bits per heavy atom. The van der Waals surface area contributed by atoms with Gasteiger partial charge in [0.1, 0.15) is 0 Å². The van der Waals surface area contributed by atoms with Crippen LogP contribution < -0.4 is 14.8 Å². The highest BCUT2D eigenvalue weighted by Crippen LogP contribution is 2.30. The predicted octanol–water partition coefficient (Wildman–Crippen LogP) is 2.04. The first-order valence-electron chi connectivity index (χ1n) is 6.53. The fourth-order valence-electron chi connectivity index (χ4n) is 1.66. The maximum Gasteiger partial charge on any atom is 0.258 e. The summed E-state index contributed by atoms with van der Waals surface area (Å²) < 4.78 is 10.7. The molecule has 0 bridgehead atoms. The van der Waals surface area contributed by atoms with E-state index in [1.165, 1.54) is 7.11 Å². The lowest BCUT2D eigenvalue weighted by Gasteiger charge is -2.20. The summed E-state index contributed by atoms with van der Waals surface area (Å²) in [6.07, 6.45) is -0.581. The van der Waals surface area contributed by atoms with Crippen LogP contribution in [0.15, 0.2) is 18.2 Å². The van der Waals surface area contributed by atoms with E-state index in [-0.39, 0.29) is 18.1 Å². The molecule has 0 unspecified atom stereocenters. The number of hydrogen-bond acceptors (Lipinski definition) is 4. The summed E-state index contributed by atoms with van der Waals surface area (Å²) in [5, 5.41) is 12.3. The Kier molecular flexibility index (Phi) is 5.39. The van der Waals surface area contributed by atoms with Crippen molar-refractivity contribution in [2.24, 2.45) is 0 Å². The zero-order valence-electron chi connectivity index (χ0n) is 12.7. The quantitative estimate of drug-likeness (QED) is 0.866. The predicted molar refractivity (Wildman–Crippen MR) is 77.0 cm³/mol. The van der Waals surface area contributed by atoms with E-state index in [1.54, 1.807) is 25.1 Å². The zero-order chi connectivity index (χ0) is 15.3. The second-order valence-electron chi connectivity index (χ2n) is 5.67. The van der Waals surface area contributed by atoms with E-state index < -0.39 is 6.10 Å². The number of rotatable bonds is 5. The van der Waals surface area contributed by atoms with Gasteiger partial charge in [-0.2, -0.15) is 0 Å². The van der Waals surface area contributed by atoms with E-state index in [1.807, 2.05) is 20.8 Å². The Bertz CT molecular complexity index is 463. The molecule has 0 radical (unpaired) electrons. The van der Waals surface area contributed by atoms with E-state index >= 15 is 0 Å². The van der Waals surface area contributed by atoms with Gasteiger partial charge in [-0.15, -0.1) is 0 Å². The van der Waals surface area contributed by atoms with Crippen molar-refractivity contribution in [1.29, 1.82) is 0 Å². The molecule has 0 fully saturated rings. The molecule has 0 heterocycles. The lowest BCUT2D eigenvalue weighted by Crippen LogP contribution is -2.43. The number of methoxy groups -OCH3 is 1. The Morgan fingerprint density at radius 1 is 1.35 bits per heavy atom. The van der Waals surface area contributed by atoms with Gasteiger partial charge in [-0.25, -0.2) is 0 Å². The largest absolute Gasteiger partial charge is 0.493 e. The molecule has 1 rings (SSSR count). The van der Waals surface area contributed by atoms with Crippen molar-refractivity contribution in [3.8, 4) is 11.5 Å². The highest BCUT2D eigenvalue weighted by molar-refractivity contribution is 5.78. The highest BCUT2D eigenvalue weighted by atomic mass is 16.5. The number of aliphatic hydroxyl groups is 1. The molecule has 0 aromatic heterocycles. The van der Waals surface area contributed by atoms with Crippen molar-refractivity contribution in [1.82, 2.24) is 5.32 Å². The van der Waals surface area contributed by atoms with Crippen molar-refractivity contribution in [2.75, 3.05) is 13.7 Å². The number of benzene rings is 1. The standard InChI is InChI=1S/C15H23NO4/c1-10(17)11-6-7-12(13(8-11)19-5)20-9-14(18)16-15(2,3)4/h6-8,10,17H,9H2,1-5H3,(H,16,18)/t10-/m0/s1. The average Bonchev–Trinajstić information content (AvgIpc) is 2.33. The lowest BCUT2D eigenvalue weighted by atomic mass is 10.1. The summed E-state index contributed by atoms with van der Waals surface area (Å²) in [6.45, 7) is 7.31. The molecule has 1 amide bonds. The van der Waals surface area contributed by atoms with Crippen molar-refractivity contribution >= 4 is 5.91 Å². The first-order valence-corrected chi connectivity index (χ1v) is 6.53. The molecular weight excluding hydrogens is 258 g/mol. The summed E-state index contributed by atoms with van der Waals surface area (Å²) in [6, 6.07) is 5.12. The van der Waals surface area contributed by atoms with Crippen molar-refractivity contribution in [3.05, 3.63) is 23.8 Å². The molecule has 5 heteroatoms. The normalized spacial score (nSPS) is 12.7. The van der Waals surface area contributed by atoms with Gasteiger partial charge in [0, 0.05) is 5.54 Å². The summed E-state index contributed by atoms with van der Waals surface area (Å²) in [4.78, 5) is 11.7. The fraction of sp³-hybridized carbons (Fsp3) is 0.533. The van der Waals surface area contributed by atoms with Crippen LogP contribution in [0.3, 0.4) is 0 Å². The van der Waals surface area contributed by atoms with Gasteiger partial charge >= 0.3 is 0 Å². The van der Waals surface area contributed by atoms with Crippen molar-refractivity contribution in [3.63, 3.8) is 0 Å². The van der Waals surface area contributed by atoms with Crippen LogP contribution in [0.5, 0.6) is 11.5 Å². The van der Waals surface area contributed by atoms with Gasteiger partial charge in [-0.05, 0) is 45.4 Å². The number of nitrogens with one attached hydrogen (secondary N) is 1. The Morgan fingerprint density at radius 2 is 2.00 bits per heavy atom. The third-order valence-electron chi connectivity index (χ3n) is 2.54. The van der Waals surface area contributed by atoms with Gasteiger partial charge in [-0.3, -0.25) is 4.79 Å². The van der Waals surface area contributed by atoms with Gasteiger partial charge in [0.15, 0.2) is 18.1 Å². The van der Waals surface area contributed by atoms with Crippen LogP contribution in [0.2, 0.25) is 0 Å². The molecule has 0 saturated carbocycles. The molecule has 20 heavy (non-hydrogen) atoms. The Hall–Kier alpha value is -1.75. The van der Waals surface area contributed by atoms with E-state index in [2.05, 4.69) is 5.32 Å². The summed E-state index contributed by atoms with van der Waals surface area (Å²) in [5.41, 5.74) is 0.439. The number of ether oxygens (including phenoxy) is 2. The minimum absolute atomic E-state index is 0.0817. The molecule has 0 aliphatic rings. The SMILES string of the molecule is COc1cc([C@H](C)O)ccc1OCC(=O)NC(C)(C)C. The first-order chi connectivity index (χ1) is 9.23. The minimum atomic E-state index is -0.581. The zero-order valence-corrected chi connectivity index (χ0v) is 12.7. The molecule has 1 aromatic rings. The molecule has 0 aliphatic heterocycles. The third-order valence-corrected chi connectivity index (χ3v) is 2.54. The van der Waals surface area contributed by atoms with Gasteiger partial charge < -0.3 is 19.9 Å². The molecule has 5 nitrogen and oxygen atoms in total. The third kappa shape index (κ3) is 5.09. The number of carbonyl (C=O) groups excluding carboxylic acids is 1. The number of aliphatic hydroxyl groups excluding tert-OH is 1. The van der Waals surface area contributed by atoms with E-state index in [4.69, 9.17) is 9.47 Å². The minimum Gasteiger partial charge on any atom is -0.493 e. The molecule has 112 valence electrons. The Balaban J connectivity index is 2.71. The van der Waals surface area contributed by atoms with Gasteiger partial charge in [0.2, 0.25) is 0 Å². The molecule has 2 N–H and O–H groups in total. The summed E-state index contributed by atoms with van der Waals surface area (Å²) in [7, 11) is 1.52. The average molecular weight is 281 g/mol. The lowest BCUT2D eigenvalue weighted by molar-refractivity contribution is -0.124. The summed E-state index contributed by atoms with van der Waals surface area (Å²) >= 11 is 0. The second-order valence-corrected chi connectivity index (χ2v) is 5.67. The smallest absolute Gasteiger partial charge is 0.258 e. The second kappa shape index (κ2) is 6.61. The van der Waals surface area contributed by atoms with Crippen LogP contribution in [-0.4, -0.2) is 30.3 Å². The molecule has 1 aromatic carbocycles. The number of amides is 1. The highest BCUT2D eigenvalue weighted by Gasteiger charge is 2.15. The molecule has 0 aliphatic carbocycles. The van der Waals surface area contributed by atoms with E-state index in [0.717, 1.165) is 5.56 Å². The number of hydrogen-bond donors (Lipinski definition) is 2. The van der Waals surface area contributed by atoms with Crippen LogP contribution in [-0.2, 0) is 4.79 Å². The molecule has 1 atom stereocenters. The maximum atomic E-state index is 11.7. The molecule has 0 spiro atoms. The van der Waals surface area contributed by atoms with Gasteiger partial charge in [0.05, 0.1) is 13.2 Å². The summed E-state index contributed by atoms with van der Waals surface area (Å²) in [5.74, 6) is 0.770. The first kappa shape index (κ1) is 16.3. The van der Waals surface area contributed by atoms with Crippen LogP contribution >= 0.6 is 0 Å². The van der Waals surface area contributed by atoms with Crippen molar-refractivity contribution in [2.45, 2.75) is 39.3 Å². The fourth-order valence-corrected chi connectivity index (χ4v) is 1.66. The van der Waals surface area contributed by atoms with Gasteiger partial charge in [-0.1, -0.05) is 6.07 Å². The van der Waals surface area contributed by atoms with Crippen LogP contribution in [0, 0.1) is 0 Å². The topological polar surface area (TPSA) is 67.8 Å². The number of carbonyl (C=O) groups is 1. The Labute approximate surface area is 119 Å². The molecule has 0 saturated heterocycles. The van der Waals surface area contributed by atoms with Gasteiger partial charge in [0.25, 0.3) is 5.91 Å². The van der Waals surface area contributed by atoms with E-state index in [0.29, 0.717) is 11.5 Å². The van der Waals surface area contributed by atoms with Crippen LogP contribution in [0.1, 0.15) is 39.4 Å². The molecular formula is C15H23NO4. The maximum absolute atomic E-state index is 11.7. The van der Waals surface area contributed by atoms with Crippen LogP contribution in [0.25, 0.3) is 0 Å². The van der Waals surface area contributed by atoms with E-state index in [9.17, 15) is 9.90 Å². The van der Waals surface area contributed by atoms with Crippen molar-refractivity contribution < 1.29 is 19.4 Å².